The van der Waals surface area contributed by atoms with E-state index in [1.54, 1.807) is 18.2 Å². The van der Waals surface area contributed by atoms with Gasteiger partial charge in [0.1, 0.15) is 5.75 Å². The number of amides is 1. The van der Waals surface area contributed by atoms with Gasteiger partial charge in [-0.25, -0.2) is 8.42 Å². The van der Waals surface area contributed by atoms with E-state index in [0.29, 0.717) is 18.8 Å². The molecule has 0 heterocycles. The van der Waals surface area contributed by atoms with Crippen molar-refractivity contribution in [2.45, 2.75) is 13.0 Å². The maximum absolute atomic E-state index is 11.8. The molecule has 0 fully saturated rings. The third-order valence-electron chi connectivity index (χ3n) is 3.06. The zero-order valence-electron chi connectivity index (χ0n) is 13.4. The van der Waals surface area contributed by atoms with Gasteiger partial charge in [-0.3, -0.25) is 9.52 Å². The normalized spacial score (nSPS) is 10.9. The van der Waals surface area contributed by atoms with E-state index < -0.39 is 10.0 Å². The first-order valence-corrected chi connectivity index (χ1v) is 9.33. The number of hydrogen-bond donors (Lipinski definition) is 2. The Morgan fingerprint density at radius 2 is 1.83 bits per heavy atom. The molecule has 0 unspecified atom stereocenters. The van der Waals surface area contributed by atoms with Crippen LogP contribution in [0, 0.1) is 0 Å². The van der Waals surface area contributed by atoms with E-state index >= 15 is 0 Å². The monoisotopic (exact) mass is 348 g/mol. The van der Waals surface area contributed by atoms with Crippen molar-refractivity contribution >= 4 is 21.6 Å². The Morgan fingerprint density at radius 1 is 1.08 bits per heavy atom. The molecule has 24 heavy (non-hydrogen) atoms. The number of para-hydroxylation sites is 1. The highest BCUT2D eigenvalue weighted by Gasteiger charge is 2.05. The van der Waals surface area contributed by atoms with Gasteiger partial charge in [0.2, 0.25) is 15.9 Å². The van der Waals surface area contributed by atoms with Crippen LogP contribution in [-0.4, -0.2) is 27.2 Å². The number of hydrogen-bond acceptors (Lipinski definition) is 4. The summed E-state index contributed by atoms with van der Waals surface area (Å²) in [4.78, 5) is 11.8. The van der Waals surface area contributed by atoms with Gasteiger partial charge in [0, 0.05) is 12.2 Å². The van der Waals surface area contributed by atoms with Gasteiger partial charge in [0.15, 0.2) is 0 Å². The first kappa shape index (κ1) is 17.8. The Kier molecular flexibility index (Phi) is 6.20. The second kappa shape index (κ2) is 8.35. The summed E-state index contributed by atoms with van der Waals surface area (Å²) < 4.78 is 30.3. The number of carbonyl (C=O) groups excluding carboxylic acids is 1. The maximum atomic E-state index is 11.8. The Labute approximate surface area is 141 Å². The van der Waals surface area contributed by atoms with Gasteiger partial charge in [-0.05, 0) is 29.8 Å². The second-order valence-electron chi connectivity index (χ2n) is 5.26. The third-order valence-corrected chi connectivity index (χ3v) is 3.67. The predicted molar refractivity (Wildman–Crippen MR) is 93.3 cm³/mol. The van der Waals surface area contributed by atoms with Crippen LogP contribution >= 0.6 is 0 Å². The van der Waals surface area contributed by atoms with E-state index in [2.05, 4.69) is 10.0 Å². The second-order valence-corrected chi connectivity index (χ2v) is 7.01. The molecule has 0 aliphatic rings. The maximum Gasteiger partial charge on any atom is 0.229 e. The third kappa shape index (κ3) is 6.70. The Hall–Kier alpha value is -2.54. The van der Waals surface area contributed by atoms with Crippen LogP contribution in [0.1, 0.15) is 12.0 Å². The van der Waals surface area contributed by atoms with Crippen molar-refractivity contribution in [3.05, 3.63) is 60.2 Å². The van der Waals surface area contributed by atoms with Crippen molar-refractivity contribution in [2.75, 3.05) is 17.6 Å². The average molecular weight is 348 g/mol. The van der Waals surface area contributed by atoms with Crippen molar-refractivity contribution in [1.82, 2.24) is 5.32 Å². The summed E-state index contributed by atoms with van der Waals surface area (Å²) >= 11 is 0. The molecule has 6 nitrogen and oxygen atoms in total. The molecule has 7 heteroatoms. The molecule has 0 spiro atoms. The van der Waals surface area contributed by atoms with E-state index in [4.69, 9.17) is 4.74 Å². The topological polar surface area (TPSA) is 84.5 Å². The number of nitrogens with one attached hydrogen (secondary N) is 2. The molecule has 0 aromatic heterocycles. The quantitative estimate of drug-likeness (QED) is 0.765. The molecule has 0 aliphatic carbocycles. The summed E-state index contributed by atoms with van der Waals surface area (Å²) in [5, 5.41) is 2.78. The fourth-order valence-electron chi connectivity index (χ4n) is 2.03. The molecule has 0 atom stereocenters. The molecule has 0 aliphatic heterocycles. The van der Waals surface area contributed by atoms with Crippen LogP contribution in [0.2, 0.25) is 0 Å². The van der Waals surface area contributed by atoms with Gasteiger partial charge in [-0.1, -0.05) is 30.3 Å². The highest BCUT2D eigenvalue weighted by molar-refractivity contribution is 7.92. The smallest absolute Gasteiger partial charge is 0.229 e. The lowest BCUT2D eigenvalue weighted by molar-refractivity contribution is -0.121. The number of carbonyl (C=O) groups is 1. The predicted octanol–water partition coefficient (Wildman–Crippen LogP) is 2.14. The Morgan fingerprint density at radius 3 is 2.54 bits per heavy atom. The van der Waals surface area contributed by atoms with E-state index in [1.807, 2.05) is 36.4 Å². The zero-order chi connectivity index (χ0) is 17.4. The van der Waals surface area contributed by atoms with Crippen LogP contribution in [0.25, 0.3) is 0 Å². The number of ether oxygens (including phenoxy) is 1. The van der Waals surface area contributed by atoms with Gasteiger partial charge >= 0.3 is 0 Å². The minimum Gasteiger partial charge on any atom is -0.493 e. The summed E-state index contributed by atoms with van der Waals surface area (Å²) in [5.41, 5.74) is 1.28. The molecule has 2 N–H and O–H groups in total. The SMILES string of the molecule is CS(=O)(=O)Nc1cccc(CNC(=O)CCOc2ccccc2)c1. The van der Waals surface area contributed by atoms with Crippen molar-refractivity contribution in [2.24, 2.45) is 0 Å². The standard InChI is InChI=1S/C17H20N2O4S/c1-24(21,22)19-15-7-5-6-14(12-15)13-18-17(20)10-11-23-16-8-3-2-4-9-16/h2-9,12,19H,10-11,13H2,1H3,(H,18,20). The Balaban J connectivity index is 1.76. The van der Waals surface area contributed by atoms with Gasteiger partial charge in [-0.2, -0.15) is 0 Å². The minimum absolute atomic E-state index is 0.132. The highest BCUT2D eigenvalue weighted by atomic mass is 32.2. The van der Waals surface area contributed by atoms with Crippen molar-refractivity contribution in [1.29, 1.82) is 0 Å². The highest BCUT2D eigenvalue weighted by Crippen LogP contribution is 2.12. The first-order valence-electron chi connectivity index (χ1n) is 7.44. The summed E-state index contributed by atoms with van der Waals surface area (Å²) in [6.45, 7) is 0.620. The fraction of sp³-hybridized carbons (Fsp3) is 0.235. The van der Waals surface area contributed by atoms with Gasteiger partial charge in [0.05, 0.1) is 19.3 Å². The molecule has 0 bridgehead atoms. The molecular weight excluding hydrogens is 328 g/mol. The lowest BCUT2D eigenvalue weighted by atomic mass is 10.2. The van der Waals surface area contributed by atoms with Crippen molar-refractivity contribution < 1.29 is 17.9 Å². The van der Waals surface area contributed by atoms with E-state index in [1.165, 1.54) is 0 Å². The summed E-state index contributed by atoms with van der Waals surface area (Å²) in [6.07, 6.45) is 1.34. The summed E-state index contributed by atoms with van der Waals surface area (Å²) in [5.74, 6) is 0.595. The number of rotatable bonds is 8. The van der Waals surface area contributed by atoms with Crippen LogP contribution in [-0.2, 0) is 21.4 Å². The number of sulfonamides is 1. The average Bonchev–Trinajstić information content (AvgIpc) is 2.53. The molecule has 2 aromatic carbocycles. The first-order chi connectivity index (χ1) is 11.4. The molecule has 128 valence electrons. The van der Waals surface area contributed by atoms with Crippen LogP contribution in [0.5, 0.6) is 5.75 Å². The van der Waals surface area contributed by atoms with Crippen LogP contribution in [0.3, 0.4) is 0 Å². The lowest BCUT2D eigenvalue weighted by Crippen LogP contribution is -2.24. The molecule has 0 saturated heterocycles. The van der Waals surface area contributed by atoms with Crippen LogP contribution < -0.4 is 14.8 Å². The minimum atomic E-state index is -3.32. The zero-order valence-corrected chi connectivity index (χ0v) is 14.2. The van der Waals surface area contributed by atoms with Crippen LogP contribution in [0.4, 0.5) is 5.69 Å². The summed E-state index contributed by atoms with van der Waals surface area (Å²) in [7, 11) is -3.32. The largest absolute Gasteiger partial charge is 0.493 e. The molecule has 0 radical (unpaired) electrons. The van der Waals surface area contributed by atoms with Crippen LogP contribution in [0.15, 0.2) is 54.6 Å². The summed E-state index contributed by atoms with van der Waals surface area (Å²) in [6, 6.07) is 16.2. The number of anilines is 1. The molecule has 2 rings (SSSR count). The Bertz CT molecular complexity index is 776. The molecular formula is C17H20N2O4S. The van der Waals surface area contributed by atoms with Gasteiger partial charge in [0.25, 0.3) is 0 Å². The molecule has 2 aromatic rings. The lowest BCUT2D eigenvalue weighted by Gasteiger charge is -2.09. The van der Waals surface area contributed by atoms with Crippen molar-refractivity contribution in [3.63, 3.8) is 0 Å². The molecule has 1 amide bonds. The van der Waals surface area contributed by atoms with Gasteiger partial charge in [-0.15, -0.1) is 0 Å². The van der Waals surface area contributed by atoms with Crippen molar-refractivity contribution in [3.8, 4) is 5.75 Å². The van der Waals surface area contributed by atoms with Gasteiger partial charge < -0.3 is 10.1 Å². The number of benzene rings is 2. The fourth-order valence-corrected chi connectivity index (χ4v) is 2.58. The molecule has 0 saturated carbocycles. The van der Waals surface area contributed by atoms with E-state index in [-0.39, 0.29) is 12.3 Å². The van der Waals surface area contributed by atoms with E-state index in [0.717, 1.165) is 17.6 Å². The van der Waals surface area contributed by atoms with E-state index in [9.17, 15) is 13.2 Å².